The molecule has 1 atom stereocenters. The third kappa shape index (κ3) is 3.96. The summed E-state index contributed by atoms with van der Waals surface area (Å²) in [6, 6.07) is 11.8. The highest BCUT2D eigenvalue weighted by Crippen LogP contribution is 2.26. The molecule has 5 rings (SSSR count). The van der Waals surface area contributed by atoms with E-state index in [1.165, 1.54) is 0 Å². The van der Waals surface area contributed by atoms with Gasteiger partial charge in [0.2, 0.25) is 0 Å². The number of hydrogen-bond acceptors (Lipinski definition) is 4. The maximum absolute atomic E-state index is 13.0. The summed E-state index contributed by atoms with van der Waals surface area (Å²) in [5, 5.41) is 3.04. The summed E-state index contributed by atoms with van der Waals surface area (Å²) in [4.78, 5) is 21.9. The molecule has 0 spiro atoms. The first kappa shape index (κ1) is 19.5. The number of nitrogens with zero attached hydrogens (tertiary/aromatic N) is 4. The fraction of sp³-hybridized carbons (Fsp3) is 0.292. The van der Waals surface area contributed by atoms with Gasteiger partial charge < -0.3 is 19.0 Å². The molecule has 1 amide bonds. The molecule has 5 heterocycles. The number of imidazole rings is 1. The van der Waals surface area contributed by atoms with Gasteiger partial charge in [0.1, 0.15) is 11.5 Å². The standard InChI is InChI=1S/C24H25N5O2/c1-17-27-21(16-28(17)15-18-6-4-9-25-13-18)23-12-20(22-8-2-3-10-29(22)23)24(30)26-14-19-7-5-11-31-19/h2-4,6,8-10,12-13,16,19H,5,7,11,14-15H2,1H3,(H,26,30). The lowest BCUT2D eigenvalue weighted by Crippen LogP contribution is -2.31. The highest BCUT2D eigenvalue weighted by atomic mass is 16.5. The summed E-state index contributed by atoms with van der Waals surface area (Å²) in [5.41, 5.74) is 4.35. The number of carbonyl (C=O) groups excluding carboxylic acids is 1. The molecule has 1 N–H and O–H groups in total. The highest BCUT2D eigenvalue weighted by molar-refractivity contribution is 6.02. The normalized spacial score (nSPS) is 16.1. The van der Waals surface area contributed by atoms with Crippen LogP contribution in [-0.4, -0.2) is 44.1 Å². The lowest BCUT2D eigenvalue weighted by atomic mass is 10.2. The van der Waals surface area contributed by atoms with Crippen molar-refractivity contribution in [2.24, 2.45) is 0 Å². The van der Waals surface area contributed by atoms with Crippen molar-refractivity contribution in [3.63, 3.8) is 0 Å². The summed E-state index contributed by atoms with van der Waals surface area (Å²) in [6.45, 7) is 4.01. The monoisotopic (exact) mass is 415 g/mol. The Kier molecular flexibility index (Phi) is 5.26. The smallest absolute Gasteiger partial charge is 0.253 e. The number of carbonyl (C=O) groups is 1. The van der Waals surface area contributed by atoms with Crippen molar-refractivity contribution < 1.29 is 9.53 Å². The van der Waals surface area contributed by atoms with Gasteiger partial charge in [-0.15, -0.1) is 0 Å². The first-order chi connectivity index (χ1) is 15.2. The Bertz CT molecular complexity index is 1210. The third-order valence-electron chi connectivity index (χ3n) is 5.75. The summed E-state index contributed by atoms with van der Waals surface area (Å²) in [7, 11) is 0. The first-order valence-corrected chi connectivity index (χ1v) is 10.6. The van der Waals surface area contributed by atoms with Gasteiger partial charge in [-0.1, -0.05) is 12.1 Å². The van der Waals surface area contributed by atoms with Crippen LogP contribution in [0, 0.1) is 6.92 Å². The molecule has 158 valence electrons. The quantitative estimate of drug-likeness (QED) is 0.523. The summed E-state index contributed by atoms with van der Waals surface area (Å²) in [5.74, 6) is 0.825. The number of fused-ring (bicyclic) bond motifs is 1. The molecular formula is C24H25N5O2. The molecule has 4 aromatic rings. The number of rotatable bonds is 6. The number of amides is 1. The van der Waals surface area contributed by atoms with Crippen LogP contribution in [0.15, 0.2) is 61.2 Å². The van der Waals surface area contributed by atoms with Gasteiger partial charge in [0.25, 0.3) is 5.91 Å². The van der Waals surface area contributed by atoms with Gasteiger partial charge >= 0.3 is 0 Å². The Labute approximate surface area is 180 Å². The van der Waals surface area contributed by atoms with Gasteiger partial charge in [0.05, 0.1) is 29.4 Å². The lowest BCUT2D eigenvalue weighted by Gasteiger charge is -2.10. The minimum Gasteiger partial charge on any atom is -0.376 e. The van der Waals surface area contributed by atoms with Gasteiger partial charge in [-0.05, 0) is 49.6 Å². The molecule has 0 radical (unpaired) electrons. The zero-order valence-electron chi connectivity index (χ0n) is 17.5. The second kappa shape index (κ2) is 8.35. The zero-order valence-corrected chi connectivity index (χ0v) is 17.5. The molecule has 31 heavy (non-hydrogen) atoms. The first-order valence-electron chi connectivity index (χ1n) is 10.6. The van der Waals surface area contributed by atoms with Crippen LogP contribution in [0.4, 0.5) is 0 Å². The summed E-state index contributed by atoms with van der Waals surface area (Å²) < 4.78 is 9.76. The van der Waals surface area contributed by atoms with Crippen LogP contribution in [0.2, 0.25) is 0 Å². The molecule has 0 saturated carbocycles. The Balaban J connectivity index is 1.45. The molecule has 0 aliphatic carbocycles. The van der Waals surface area contributed by atoms with Crippen molar-refractivity contribution in [3.8, 4) is 11.4 Å². The molecule has 1 aliphatic rings. The predicted octanol–water partition coefficient (Wildman–Crippen LogP) is 3.46. The molecule has 7 nitrogen and oxygen atoms in total. The average Bonchev–Trinajstić information content (AvgIpc) is 3.52. The van der Waals surface area contributed by atoms with Gasteiger partial charge in [0, 0.05) is 37.9 Å². The van der Waals surface area contributed by atoms with Crippen LogP contribution in [0.3, 0.4) is 0 Å². The van der Waals surface area contributed by atoms with Crippen LogP contribution in [0.25, 0.3) is 16.9 Å². The fourth-order valence-corrected chi connectivity index (χ4v) is 4.12. The van der Waals surface area contributed by atoms with Crippen molar-refractivity contribution in [1.29, 1.82) is 0 Å². The fourth-order valence-electron chi connectivity index (χ4n) is 4.12. The maximum atomic E-state index is 13.0. The number of ether oxygens (including phenoxy) is 1. The number of aromatic nitrogens is 4. The van der Waals surface area contributed by atoms with E-state index in [1.807, 2.05) is 60.2 Å². The predicted molar refractivity (Wildman–Crippen MR) is 118 cm³/mol. The van der Waals surface area contributed by atoms with E-state index in [2.05, 4.69) is 20.9 Å². The molecule has 1 aliphatic heterocycles. The largest absolute Gasteiger partial charge is 0.376 e. The van der Waals surface area contributed by atoms with E-state index in [-0.39, 0.29) is 12.0 Å². The van der Waals surface area contributed by atoms with E-state index in [0.717, 1.165) is 47.7 Å². The van der Waals surface area contributed by atoms with Gasteiger partial charge in [-0.2, -0.15) is 0 Å². The van der Waals surface area contributed by atoms with E-state index < -0.39 is 0 Å². The van der Waals surface area contributed by atoms with Crippen molar-refractivity contribution in [2.45, 2.75) is 32.4 Å². The number of pyridine rings is 2. The molecular weight excluding hydrogens is 390 g/mol. The van der Waals surface area contributed by atoms with Crippen LogP contribution >= 0.6 is 0 Å². The maximum Gasteiger partial charge on any atom is 0.253 e. The summed E-state index contributed by atoms with van der Waals surface area (Å²) >= 11 is 0. The van der Waals surface area contributed by atoms with Gasteiger partial charge in [0.15, 0.2) is 0 Å². The number of aryl methyl sites for hydroxylation is 1. The van der Waals surface area contributed by atoms with Crippen LogP contribution < -0.4 is 5.32 Å². The Morgan fingerprint density at radius 1 is 1.29 bits per heavy atom. The topological polar surface area (TPSA) is 73.4 Å². The van der Waals surface area contributed by atoms with Crippen LogP contribution in [0.5, 0.6) is 0 Å². The lowest BCUT2D eigenvalue weighted by molar-refractivity contribution is 0.0859. The molecule has 0 bridgehead atoms. The Hall–Kier alpha value is -3.45. The number of nitrogens with one attached hydrogen (secondary N) is 1. The van der Waals surface area contributed by atoms with E-state index >= 15 is 0 Å². The van der Waals surface area contributed by atoms with Crippen LogP contribution in [0.1, 0.15) is 34.6 Å². The van der Waals surface area contributed by atoms with E-state index in [4.69, 9.17) is 9.72 Å². The van der Waals surface area contributed by atoms with E-state index in [9.17, 15) is 4.79 Å². The molecule has 1 saturated heterocycles. The Morgan fingerprint density at radius 2 is 2.23 bits per heavy atom. The highest BCUT2D eigenvalue weighted by Gasteiger charge is 2.21. The molecule has 1 fully saturated rings. The second-order valence-corrected chi connectivity index (χ2v) is 7.91. The molecule has 1 unspecified atom stereocenters. The van der Waals surface area contributed by atoms with Crippen molar-refractivity contribution in [3.05, 3.63) is 78.1 Å². The number of hydrogen-bond donors (Lipinski definition) is 1. The second-order valence-electron chi connectivity index (χ2n) is 7.91. The third-order valence-corrected chi connectivity index (χ3v) is 5.75. The van der Waals surface area contributed by atoms with E-state index in [1.54, 1.807) is 6.20 Å². The molecule has 7 heteroatoms. The van der Waals surface area contributed by atoms with E-state index in [0.29, 0.717) is 18.7 Å². The SMILES string of the molecule is Cc1nc(-c2cc(C(=O)NCC3CCCO3)c3ccccn23)cn1Cc1cccnc1. The van der Waals surface area contributed by atoms with Crippen molar-refractivity contribution in [2.75, 3.05) is 13.2 Å². The average molecular weight is 415 g/mol. The zero-order chi connectivity index (χ0) is 21.2. The molecule has 4 aromatic heterocycles. The summed E-state index contributed by atoms with van der Waals surface area (Å²) in [6.07, 6.45) is 9.80. The van der Waals surface area contributed by atoms with Gasteiger partial charge in [-0.3, -0.25) is 9.78 Å². The minimum absolute atomic E-state index is 0.0861. The van der Waals surface area contributed by atoms with Crippen LogP contribution in [-0.2, 0) is 11.3 Å². The Morgan fingerprint density at radius 3 is 3.03 bits per heavy atom. The van der Waals surface area contributed by atoms with Gasteiger partial charge in [-0.25, -0.2) is 4.98 Å². The minimum atomic E-state index is -0.0861. The van der Waals surface area contributed by atoms with Crippen molar-refractivity contribution in [1.82, 2.24) is 24.3 Å². The molecule has 0 aromatic carbocycles. The van der Waals surface area contributed by atoms with Crippen molar-refractivity contribution >= 4 is 11.4 Å².